The van der Waals surface area contributed by atoms with Crippen molar-refractivity contribution in [1.82, 2.24) is 20.1 Å². The normalized spacial score (nSPS) is 21.7. The van der Waals surface area contributed by atoms with Gasteiger partial charge in [-0.25, -0.2) is 4.39 Å². The van der Waals surface area contributed by atoms with Crippen molar-refractivity contribution in [3.8, 4) is 0 Å². The molecule has 0 aliphatic carbocycles. The summed E-state index contributed by atoms with van der Waals surface area (Å²) in [5, 5.41) is 2.29. The van der Waals surface area contributed by atoms with Gasteiger partial charge in [-0.15, -0.1) is 0 Å². The van der Waals surface area contributed by atoms with Gasteiger partial charge in [-0.2, -0.15) is 0 Å². The Kier molecular flexibility index (Phi) is 5.34. The largest absolute Gasteiger partial charge is 0.367 e. The SMILES string of the molecule is O=C1CCC(N2Cc3cc(N4CCN(Cc5cccnc5)CC4)c(F)cc3C2=O)C(=O)N1. The molecule has 2 aromatic rings. The van der Waals surface area contributed by atoms with Crippen LogP contribution in [0.5, 0.6) is 0 Å². The fourth-order valence-electron chi connectivity index (χ4n) is 4.72. The number of anilines is 1. The number of carbonyl (C=O) groups excluding carboxylic acids is 3. The summed E-state index contributed by atoms with van der Waals surface area (Å²) < 4.78 is 15.0. The van der Waals surface area contributed by atoms with Gasteiger partial charge in [0.2, 0.25) is 11.8 Å². The first-order chi connectivity index (χ1) is 15.5. The lowest BCUT2D eigenvalue weighted by Crippen LogP contribution is -2.52. The maximum Gasteiger partial charge on any atom is 0.255 e. The number of hydrogen-bond acceptors (Lipinski definition) is 6. The Hall–Kier alpha value is -3.33. The minimum atomic E-state index is -0.699. The van der Waals surface area contributed by atoms with Crippen LogP contribution in [-0.4, -0.2) is 64.7 Å². The predicted molar refractivity (Wildman–Crippen MR) is 114 cm³/mol. The summed E-state index contributed by atoms with van der Waals surface area (Å²) in [7, 11) is 0. The fourth-order valence-corrected chi connectivity index (χ4v) is 4.72. The van der Waals surface area contributed by atoms with E-state index in [9.17, 15) is 18.8 Å². The molecule has 0 radical (unpaired) electrons. The first-order valence-electron chi connectivity index (χ1n) is 10.8. The van der Waals surface area contributed by atoms with Crippen LogP contribution < -0.4 is 10.2 Å². The Morgan fingerprint density at radius 3 is 2.66 bits per heavy atom. The summed E-state index contributed by atoms with van der Waals surface area (Å²) in [5.41, 5.74) is 2.65. The number of piperidine rings is 1. The van der Waals surface area contributed by atoms with Crippen LogP contribution in [-0.2, 0) is 22.7 Å². The van der Waals surface area contributed by atoms with E-state index in [0.717, 1.165) is 25.2 Å². The third kappa shape index (κ3) is 3.84. The second kappa shape index (κ2) is 8.31. The first-order valence-corrected chi connectivity index (χ1v) is 10.8. The Labute approximate surface area is 185 Å². The molecular weight excluding hydrogens is 413 g/mol. The molecule has 1 aromatic heterocycles. The summed E-state index contributed by atoms with van der Waals surface area (Å²) in [6.07, 6.45) is 4.10. The molecule has 0 saturated carbocycles. The minimum absolute atomic E-state index is 0.194. The molecule has 3 amide bonds. The molecule has 2 fully saturated rings. The number of imide groups is 1. The predicted octanol–water partition coefficient (Wildman–Crippen LogP) is 1.30. The average Bonchev–Trinajstić information content (AvgIpc) is 3.10. The zero-order chi connectivity index (χ0) is 22.2. The van der Waals surface area contributed by atoms with Crippen molar-refractivity contribution in [1.29, 1.82) is 0 Å². The minimum Gasteiger partial charge on any atom is -0.367 e. The number of piperazine rings is 1. The lowest BCUT2D eigenvalue weighted by molar-refractivity contribution is -0.136. The number of pyridine rings is 1. The Balaban J connectivity index is 1.28. The molecule has 166 valence electrons. The number of halogens is 1. The smallest absolute Gasteiger partial charge is 0.255 e. The van der Waals surface area contributed by atoms with Crippen molar-refractivity contribution in [3.05, 3.63) is 59.2 Å². The van der Waals surface area contributed by atoms with E-state index in [0.29, 0.717) is 36.3 Å². The summed E-state index contributed by atoms with van der Waals surface area (Å²) in [6, 6.07) is 6.30. The van der Waals surface area contributed by atoms with E-state index in [2.05, 4.69) is 15.2 Å². The van der Waals surface area contributed by atoms with Gasteiger partial charge >= 0.3 is 0 Å². The van der Waals surface area contributed by atoms with Crippen LogP contribution in [0.1, 0.15) is 34.3 Å². The number of carbonyl (C=O) groups is 3. The van der Waals surface area contributed by atoms with E-state index < -0.39 is 17.8 Å². The van der Waals surface area contributed by atoms with E-state index >= 15 is 0 Å². The van der Waals surface area contributed by atoms with Crippen LogP contribution in [0, 0.1) is 5.82 Å². The molecule has 3 aliphatic heterocycles. The molecule has 3 aliphatic rings. The molecule has 5 rings (SSSR count). The second-order valence-electron chi connectivity index (χ2n) is 8.49. The highest BCUT2D eigenvalue weighted by Gasteiger charge is 2.39. The van der Waals surface area contributed by atoms with Gasteiger partial charge in [0.25, 0.3) is 5.91 Å². The maximum absolute atomic E-state index is 15.0. The first kappa shape index (κ1) is 20.6. The van der Waals surface area contributed by atoms with Gasteiger partial charge in [0.05, 0.1) is 5.69 Å². The van der Waals surface area contributed by atoms with Gasteiger partial charge in [0.1, 0.15) is 11.9 Å². The average molecular weight is 437 g/mol. The van der Waals surface area contributed by atoms with Gasteiger partial charge < -0.3 is 9.80 Å². The summed E-state index contributed by atoms with van der Waals surface area (Å²) >= 11 is 0. The van der Waals surface area contributed by atoms with E-state index in [1.807, 2.05) is 23.2 Å². The van der Waals surface area contributed by atoms with Crippen molar-refractivity contribution < 1.29 is 18.8 Å². The van der Waals surface area contributed by atoms with Gasteiger partial charge in [-0.1, -0.05) is 6.07 Å². The van der Waals surface area contributed by atoms with E-state index in [4.69, 9.17) is 0 Å². The summed E-state index contributed by atoms with van der Waals surface area (Å²) in [6.45, 7) is 4.01. The maximum atomic E-state index is 15.0. The number of nitrogens with zero attached hydrogens (tertiary/aromatic N) is 4. The van der Waals surface area contributed by atoms with Crippen LogP contribution in [0.4, 0.5) is 10.1 Å². The molecule has 8 nitrogen and oxygen atoms in total. The highest BCUT2D eigenvalue weighted by Crippen LogP contribution is 2.33. The van der Waals surface area contributed by atoms with Crippen LogP contribution in [0.3, 0.4) is 0 Å². The molecule has 0 bridgehead atoms. The second-order valence-corrected chi connectivity index (χ2v) is 8.49. The van der Waals surface area contributed by atoms with Crippen LogP contribution in [0.25, 0.3) is 0 Å². The number of aromatic nitrogens is 1. The fraction of sp³-hybridized carbons (Fsp3) is 0.391. The molecule has 4 heterocycles. The molecular formula is C23H24FN5O3. The number of benzene rings is 1. The van der Waals surface area contributed by atoms with E-state index in [1.165, 1.54) is 11.0 Å². The molecule has 1 aromatic carbocycles. The molecule has 9 heteroatoms. The number of nitrogens with one attached hydrogen (secondary N) is 1. The number of fused-ring (bicyclic) bond motifs is 1. The lowest BCUT2D eigenvalue weighted by Gasteiger charge is -2.36. The number of amides is 3. The van der Waals surface area contributed by atoms with E-state index in [-0.39, 0.29) is 24.8 Å². The number of rotatable bonds is 4. The molecule has 32 heavy (non-hydrogen) atoms. The van der Waals surface area contributed by atoms with Crippen molar-refractivity contribution >= 4 is 23.4 Å². The number of hydrogen-bond donors (Lipinski definition) is 1. The van der Waals surface area contributed by atoms with Crippen LogP contribution in [0.15, 0.2) is 36.7 Å². The Morgan fingerprint density at radius 2 is 1.94 bits per heavy atom. The topological polar surface area (TPSA) is 85.9 Å². The van der Waals surface area contributed by atoms with Gasteiger partial charge in [-0.05, 0) is 35.7 Å². The summed E-state index contributed by atoms with van der Waals surface area (Å²) in [4.78, 5) is 46.4. The quantitative estimate of drug-likeness (QED) is 0.726. The van der Waals surface area contributed by atoms with Crippen molar-refractivity contribution in [2.45, 2.75) is 32.0 Å². The Morgan fingerprint density at radius 1 is 1.12 bits per heavy atom. The monoisotopic (exact) mass is 437 g/mol. The van der Waals surface area contributed by atoms with Gasteiger partial charge in [0.15, 0.2) is 0 Å². The van der Waals surface area contributed by atoms with Crippen molar-refractivity contribution in [2.24, 2.45) is 0 Å². The molecule has 0 spiro atoms. The molecule has 2 saturated heterocycles. The third-order valence-electron chi connectivity index (χ3n) is 6.43. The Bertz CT molecular complexity index is 1070. The van der Waals surface area contributed by atoms with Crippen LogP contribution in [0.2, 0.25) is 0 Å². The van der Waals surface area contributed by atoms with E-state index in [1.54, 1.807) is 12.3 Å². The lowest BCUT2D eigenvalue weighted by atomic mass is 10.0. The summed E-state index contributed by atoms with van der Waals surface area (Å²) in [5.74, 6) is -1.58. The zero-order valence-electron chi connectivity index (χ0n) is 17.6. The van der Waals surface area contributed by atoms with Crippen molar-refractivity contribution in [3.63, 3.8) is 0 Å². The zero-order valence-corrected chi connectivity index (χ0v) is 17.6. The van der Waals surface area contributed by atoms with Crippen molar-refractivity contribution in [2.75, 3.05) is 31.1 Å². The molecule has 1 unspecified atom stereocenters. The highest BCUT2D eigenvalue weighted by atomic mass is 19.1. The van der Waals surface area contributed by atoms with Gasteiger partial charge in [-0.3, -0.25) is 29.6 Å². The standard InChI is InChI=1S/C23H24FN5O3/c24-18-11-17-16(14-29(23(17)32)19-3-4-21(30)26-22(19)31)10-20(18)28-8-6-27(7-9-28)13-15-2-1-5-25-12-15/h1-2,5,10-12,19H,3-4,6-9,13-14H2,(H,26,30,31). The van der Waals surface area contributed by atoms with Gasteiger partial charge in [0, 0.05) is 63.6 Å². The molecule has 1 atom stereocenters. The van der Waals surface area contributed by atoms with Crippen LogP contribution >= 0.6 is 0 Å². The third-order valence-corrected chi connectivity index (χ3v) is 6.43. The highest BCUT2D eigenvalue weighted by molar-refractivity contribution is 6.05. The molecule has 1 N–H and O–H groups in total.